The summed E-state index contributed by atoms with van der Waals surface area (Å²) in [5.41, 5.74) is 1.83. The number of aromatic amines is 1. The summed E-state index contributed by atoms with van der Waals surface area (Å²) in [6, 6.07) is 7.68. The molecular formula is C14H17ClN4O. The lowest BCUT2D eigenvalue weighted by molar-refractivity contribution is -0.118. The van der Waals surface area contributed by atoms with Gasteiger partial charge in [0.1, 0.15) is 11.2 Å². The summed E-state index contributed by atoms with van der Waals surface area (Å²) in [6.07, 6.45) is 0. The molecule has 1 heterocycles. The molecule has 1 N–H and O–H groups in total. The number of benzene rings is 1. The molecule has 0 fully saturated rings. The molecule has 0 radical (unpaired) electrons. The maximum Gasteiger partial charge on any atom is 0.245 e. The number of carbonyl (C=O) groups excluding carboxylic acids is 1. The average Bonchev–Trinajstić information content (AvgIpc) is 2.81. The third-order valence-electron chi connectivity index (χ3n) is 2.96. The third kappa shape index (κ3) is 3.17. The van der Waals surface area contributed by atoms with Gasteiger partial charge in [0.25, 0.3) is 0 Å². The zero-order chi connectivity index (χ0) is 14.7. The van der Waals surface area contributed by atoms with Crippen LogP contribution in [0.1, 0.15) is 24.1 Å². The summed E-state index contributed by atoms with van der Waals surface area (Å²) in [5, 5.41) is 6.25. The number of anilines is 1. The van der Waals surface area contributed by atoms with Gasteiger partial charge in [-0.15, -0.1) is 11.6 Å². The van der Waals surface area contributed by atoms with Gasteiger partial charge in [0, 0.05) is 5.69 Å². The first-order valence-corrected chi connectivity index (χ1v) is 6.81. The second-order valence-electron chi connectivity index (χ2n) is 4.66. The van der Waals surface area contributed by atoms with Crippen LogP contribution in [0.4, 0.5) is 5.69 Å². The number of nitrogens with zero attached hydrogens (tertiary/aromatic N) is 3. The Labute approximate surface area is 123 Å². The van der Waals surface area contributed by atoms with Crippen LogP contribution in [0.2, 0.25) is 0 Å². The predicted molar refractivity (Wildman–Crippen MR) is 78.8 cm³/mol. The van der Waals surface area contributed by atoms with Gasteiger partial charge in [-0.2, -0.15) is 5.10 Å². The van der Waals surface area contributed by atoms with Crippen LogP contribution in [-0.4, -0.2) is 26.5 Å². The number of carbonyl (C=O) groups is 1. The van der Waals surface area contributed by atoms with Crippen LogP contribution in [0.3, 0.4) is 0 Å². The van der Waals surface area contributed by atoms with E-state index in [0.717, 1.165) is 17.1 Å². The van der Waals surface area contributed by atoms with Gasteiger partial charge < -0.3 is 4.90 Å². The van der Waals surface area contributed by atoms with Gasteiger partial charge in [0.2, 0.25) is 5.91 Å². The number of H-pyrrole nitrogens is 1. The molecule has 20 heavy (non-hydrogen) atoms. The molecule has 1 amide bonds. The maximum absolute atomic E-state index is 12.3. The minimum absolute atomic E-state index is 0.164. The van der Waals surface area contributed by atoms with Crippen LogP contribution in [0.15, 0.2) is 24.3 Å². The number of aromatic nitrogens is 3. The SMILES string of the molecule is Cc1nc(CN(C(=O)C(C)Cl)c2ccccc2C)n[nH]1. The van der Waals surface area contributed by atoms with E-state index in [9.17, 15) is 4.79 Å². The minimum atomic E-state index is -0.602. The number of halogens is 1. The second-order valence-corrected chi connectivity index (χ2v) is 5.32. The number of hydrogen-bond donors (Lipinski definition) is 1. The molecule has 106 valence electrons. The molecule has 0 saturated heterocycles. The van der Waals surface area contributed by atoms with E-state index >= 15 is 0 Å². The van der Waals surface area contributed by atoms with E-state index < -0.39 is 5.38 Å². The predicted octanol–water partition coefficient (Wildman–Crippen LogP) is 2.58. The number of hydrogen-bond acceptors (Lipinski definition) is 3. The van der Waals surface area contributed by atoms with Gasteiger partial charge in [-0.1, -0.05) is 18.2 Å². The molecule has 0 saturated carbocycles. The van der Waals surface area contributed by atoms with Crippen LogP contribution in [0, 0.1) is 13.8 Å². The zero-order valence-corrected chi connectivity index (χ0v) is 12.5. The van der Waals surface area contributed by atoms with E-state index in [0.29, 0.717) is 12.4 Å². The fourth-order valence-electron chi connectivity index (χ4n) is 1.96. The normalized spacial score (nSPS) is 12.2. The van der Waals surface area contributed by atoms with E-state index in [1.165, 1.54) is 0 Å². The van der Waals surface area contributed by atoms with Crippen molar-refractivity contribution >= 4 is 23.2 Å². The van der Waals surface area contributed by atoms with Crippen molar-refractivity contribution in [3.05, 3.63) is 41.5 Å². The fourth-order valence-corrected chi connectivity index (χ4v) is 2.08. The molecule has 2 rings (SSSR count). The highest BCUT2D eigenvalue weighted by Gasteiger charge is 2.23. The Morgan fingerprint density at radius 1 is 1.40 bits per heavy atom. The van der Waals surface area contributed by atoms with Crippen molar-refractivity contribution < 1.29 is 4.79 Å². The van der Waals surface area contributed by atoms with Crippen molar-refractivity contribution in [2.24, 2.45) is 0 Å². The fraction of sp³-hybridized carbons (Fsp3) is 0.357. The van der Waals surface area contributed by atoms with Gasteiger partial charge in [-0.25, -0.2) is 4.98 Å². The van der Waals surface area contributed by atoms with Crippen LogP contribution in [0.5, 0.6) is 0 Å². The molecule has 0 bridgehead atoms. The largest absolute Gasteiger partial charge is 0.303 e. The van der Waals surface area contributed by atoms with E-state index in [4.69, 9.17) is 11.6 Å². The van der Waals surface area contributed by atoms with Crippen LogP contribution in [0.25, 0.3) is 0 Å². The Morgan fingerprint density at radius 3 is 2.65 bits per heavy atom. The average molecular weight is 293 g/mol. The summed E-state index contributed by atoms with van der Waals surface area (Å²) in [7, 11) is 0. The van der Waals surface area contributed by atoms with Crippen molar-refractivity contribution in [3.8, 4) is 0 Å². The highest BCUT2D eigenvalue weighted by atomic mass is 35.5. The van der Waals surface area contributed by atoms with Gasteiger partial charge in [0.15, 0.2) is 5.82 Å². The van der Waals surface area contributed by atoms with Gasteiger partial charge in [-0.05, 0) is 32.4 Å². The van der Waals surface area contributed by atoms with Crippen LogP contribution < -0.4 is 4.90 Å². The van der Waals surface area contributed by atoms with Gasteiger partial charge in [-0.3, -0.25) is 9.89 Å². The van der Waals surface area contributed by atoms with Crippen molar-refractivity contribution in [1.29, 1.82) is 0 Å². The van der Waals surface area contributed by atoms with E-state index in [2.05, 4.69) is 15.2 Å². The Hall–Kier alpha value is -1.88. The molecule has 0 aliphatic rings. The first-order chi connectivity index (χ1) is 9.49. The number of rotatable bonds is 4. The van der Waals surface area contributed by atoms with Gasteiger partial charge in [0.05, 0.1) is 6.54 Å². The molecule has 1 unspecified atom stereocenters. The molecular weight excluding hydrogens is 276 g/mol. The monoisotopic (exact) mass is 292 g/mol. The second kappa shape index (κ2) is 6.05. The van der Waals surface area contributed by atoms with Crippen molar-refractivity contribution in [1.82, 2.24) is 15.2 Å². The summed E-state index contributed by atoms with van der Waals surface area (Å²) >= 11 is 5.96. The molecule has 0 aliphatic carbocycles. The summed E-state index contributed by atoms with van der Waals surface area (Å²) in [6.45, 7) is 5.74. The van der Waals surface area contributed by atoms with Gasteiger partial charge >= 0.3 is 0 Å². The highest BCUT2D eigenvalue weighted by molar-refractivity contribution is 6.32. The van der Waals surface area contributed by atoms with Crippen LogP contribution in [-0.2, 0) is 11.3 Å². The molecule has 5 nitrogen and oxygen atoms in total. The van der Waals surface area contributed by atoms with E-state index in [1.807, 2.05) is 38.1 Å². The van der Waals surface area contributed by atoms with Crippen molar-refractivity contribution in [2.75, 3.05) is 4.90 Å². The highest BCUT2D eigenvalue weighted by Crippen LogP contribution is 2.22. The maximum atomic E-state index is 12.3. The Balaban J connectivity index is 2.35. The molecule has 0 spiro atoms. The van der Waals surface area contributed by atoms with E-state index in [1.54, 1.807) is 11.8 Å². The summed E-state index contributed by atoms with van der Waals surface area (Å²) < 4.78 is 0. The number of amides is 1. The minimum Gasteiger partial charge on any atom is -0.303 e. The van der Waals surface area contributed by atoms with E-state index in [-0.39, 0.29) is 5.91 Å². The Morgan fingerprint density at radius 2 is 2.10 bits per heavy atom. The lowest BCUT2D eigenvalue weighted by Gasteiger charge is -2.24. The Bertz CT molecular complexity index is 609. The number of aryl methyl sites for hydroxylation is 2. The number of nitrogens with one attached hydrogen (secondary N) is 1. The topological polar surface area (TPSA) is 61.9 Å². The summed E-state index contributed by atoms with van der Waals surface area (Å²) in [5.74, 6) is 1.12. The third-order valence-corrected chi connectivity index (χ3v) is 3.14. The van der Waals surface area contributed by atoms with Crippen LogP contribution >= 0.6 is 11.6 Å². The quantitative estimate of drug-likeness (QED) is 0.881. The molecule has 6 heteroatoms. The Kier molecular flexibility index (Phi) is 4.39. The lowest BCUT2D eigenvalue weighted by Crippen LogP contribution is -2.36. The molecule has 1 atom stereocenters. The molecule has 0 aliphatic heterocycles. The number of para-hydroxylation sites is 1. The molecule has 1 aromatic heterocycles. The first kappa shape index (κ1) is 14.5. The smallest absolute Gasteiger partial charge is 0.245 e. The molecule has 2 aromatic rings. The first-order valence-electron chi connectivity index (χ1n) is 6.38. The molecule has 1 aromatic carbocycles. The lowest BCUT2D eigenvalue weighted by atomic mass is 10.1. The van der Waals surface area contributed by atoms with Crippen molar-refractivity contribution in [2.45, 2.75) is 32.7 Å². The summed E-state index contributed by atoms with van der Waals surface area (Å²) in [4.78, 5) is 18.2. The standard InChI is InChI=1S/C14H17ClN4O/c1-9-6-4-5-7-12(9)19(14(20)10(2)15)8-13-16-11(3)17-18-13/h4-7,10H,8H2,1-3H3,(H,16,17,18). The van der Waals surface area contributed by atoms with Crippen molar-refractivity contribution in [3.63, 3.8) is 0 Å². The zero-order valence-electron chi connectivity index (χ0n) is 11.7. The number of alkyl halides is 1.